The molecule has 78 valence electrons. The fourth-order valence-electron chi connectivity index (χ4n) is 1.77. The molecule has 0 aliphatic heterocycles. The molecule has 4 nitrogen and oxygen atoms in total. The van der Waals surface area contributed by atoms with Gasteiger partial charge in [-0.25, -0.2) is 0 Å². The molecule has 0 spiro atoms. The van der Waals surface area contributed by atoms with Gasteiger partial charge >= 0.3 is 0 Å². The van der Waals surface area contributed by atoms with Crippen LogP contribution in [0.25, 0.3) is 10.9 Å². The van der Waals surface area contributed by atoms with E-state index in [2.05, 4.69) is 4.98 Å². The number of H-pyrrole nitrogens is 1. The van der Waals surface area contributed by atoms with Crippen LogP contribution in [0.2, 0.25) is 0 Å². The summed E-state index contributed by atoms with van der Waals surface area (Å²) >= 11 is 0. The number of aromatic amines is 1. The Hall–Kier alpha value is -1.81. The first-order valence-corrected chi connectivity index (χ1v) is 4.75. The van der Waals surface area contributed by atoms with Crippen LogP contribution in [0.3, 0.4) is 0 Å². The maximum absolute atomic E-state index is 10.8. The lowest BCUT2D eigenvalue weighted by Crippen LogP contribution is -2.04. The normalized spacial score (nSPS) is 10.7. The molecule has 0 aliphatic rings. The number of nitrogens with one attached hydrogen (secondary N) is 1. The number of fused-ring (bicyclic) bond motifs is 1. The molecule has 1 aromatic heterocycles. The van der Waals surface area contributed by atoms with Gasteiger partial charge in [0.1, 0.15) is 5.75 Å². The number of hydrogen-bond donors (Lipinski definition) is 3. The number of carbonyl (C=O) groups is 1. The molecule has 0 saturated heterocycles. The topological polar surface area (TPSA) is 79.1 Å². The van der Waals surface area contributed by atoms with E-state index in [0.29, 0.717) is 18.7 Å². The largest absolute Gasteiger partial charge is 0.508 e. The van der Waals surface area contributed by atoms with E-state index in [1.54, 1.807) is 18.2 Å². The lowest BCUT2D eigenvalue weighted by Gasteiger charge is -1.97. The van der Waals surface area contributed by atoms with Gasteiger partial charge in [0.05, 0.1) is 5.69 Å². The van der Waals surface area contributed by atoms with Crippen molar-refractivity contribution in [3.05, 3.63) is 29.5 Å². The Balaban J connectivity index is 2.70. The summed E-state index contributed by atoms with van der Waals surface area (Å²) in [5, 5.41) is 10.2. The van der Waals surface area contributed by atoms with Crippen LogP contribution < -0.4 is 5.73 Å². The Morgan fingerprint density at radius 2 is 2.27 bits per heavy atom. The molecule has 15 heavy (non-hydrogen) atoms. The van der Waals surface area contributed by atoms with Gasteiger partial charge in [-0.3, -0.25) is 4.79 Å². The number of hydrogen-bond acceptors (Lipinski definition) is 3. The Labute approximate surface area is 86.7 Å². The molecule has 0 aliphatic carbocycles. The molecule has 1 aromatic carbocycles. The van der Waals surface area contributed by atoms with Gasteiger partial charge in [-0.05, 0) is 36.7 Å². The molecule has 0 atom stereocenters. The van der Waals surface area contributed by atoms with Gasteiger partial charge in [0.15, 0.2) is 6.29 Å². The summed E-state index contributed by atoms with van der Waals surface area (Å²) in [6.45, 7) is 0.476. The van der Waals surface area contributed by atoms with Crippen LogP contribution in [-0.2, 0) is 6.42 Å². The van der Waals surface area contributed by atoms with Crippen LogP contribution in [0.1, 0.15) is 16.1 Å². The number of aldehydes is 1. The molecule has 2 rings (SSSR count). The fourth-order valence-corrected chi connectivity index (χ4v) is 1.77. The maximum Gasteiger partial charge on any atom is 0.166 e. The summed E-state index contributed by atoms with van der Waals surface area (Å²) in [5.41, 5.74) is 7.74. The van der Waals surface area contributed by atoms with Crippen molar-refractivity contribution in [1.29, 1.82) is 0 Å². The summed E-state index contributed by atoms with van der Waals surface area (Å²) < 4.78 is 0. The molecular formula is C11H12N2O2. The van der Waals surface area contributed by atoms with E-state index in [1.807, 2.05) is 0 Å². The van der Waals surface area contributed by atoms with Crippen molar-refractivity contribution in [3.63, 3.8) is 0 Å². The average molecular weight is 204 g/mol. The second-order valence-corrected chi connectivity index (χ2v) is 3.40. The zero-order chi connectivity index (χ0) is 10.8. The third-order valence-electron chi connectivity index (χ3n) is 2.43. The highest BCUT2D eigenvalue weighted by Gasteiger charge is 2.10. The minimum atomic E-state index is 0.192. The average Bonchev–Trinajstić information content (AvgIpc) is 2.57. The highest BCUT2D eigenvalue weighted by molar-refractivity contribution is 5.93. The van der Waals surface area contributed by atoms with Crippen LogP contribution in [0, 0.1) is 0 Å². The smallest absolute Gasteiger partial charge is 0.166 e. The highest BCUT2D eigenvalue weighted by atomic mass is 16.3. The van der Waals surface area contributed by atoms with Crippen LogP contribution in [-0.4, -0.2) is 22.9 Å². The van der Waals surface area contributed by atoms with Crippen molar-refractivity contribution in [2.75, 3.05) is 6.54 Å². The molecule has 0 amide bonds. The number of aromatic hydroxyl groups is 1. The van der Waals surface area contributed by atoms with E-state index in [1.165, 1.54) is 0 Å². The third kappa shape index (κ3) is 1.59. The van der Waals surface area contributed by atoms with E-state index in [0.717, 1.165) is 22.8 Å². The van der Waals surface area contributed by atoms with Crippen molar-refractivity contribution in [2.45, 2.75) is 6.42 Å². The third-order valence-corrected chi connectivity index (χ3v) is 2.43. The van der Waals surface area contributed by atoms with Crippen molar-refractivity contribution in [1.82, 2.24) is 4.98 Å². The van der Waals surface area contributed by atoms with Gasteiger partial charge in [0.2, 0.25) is 0 Å². The predicted molar refractivity (Wildman–Crippen MR) is 58.1 cm³/mol. The number of rotatable bonds is 3. The summed E-state index contributed by atoms with van der Waals surface area (Å²) in [4.78, 5) is 13.8. The lowest BCUT2D eigenvalue weighted by molar-refractivity contribution is 0.111. The van der Waals surface area contributed by atoms with Crippen molar-refractivity contribution < 1.29 is 9.90 Å². The minimum absolute atomic E-state index is 0.192. The van der Waals surface area contributed by atoms with E-state index < -0.39 is 0 Å². The zero-order valence-corrected chi connectivity index (χ0v) is 8.16. The van der Waals surface area contributed by atoms with Gasteiger partial charge in [0, 0.05) is 10.9 Å². The number of benzene rings is 1. The summed E-state index contributed by atoms with van der Waals surface area (Å²) in [7, 11) is 0. The Kier molecular flexibility index (Phi) is 2.43. The number of phenols is 1. The summed E-state index contributed by atoms with van der Waals surface area (Å²) in [6, 6.07) is 4.97. The quantitative estimate of drug-likeness (QED) is 0.657. The van der Waals surface area contributed by atoms with Crippen LogP contribution in [0.5, 0.6) is 5.75 Å². The molecule has 0 bridgehead atoms. The van der Waals surface area contributed by atoms with Crippen LogP contribution >= 0.6 is 0 Å². The molecule has 0 unspecified atom stereocenters. The number of nitrogens with two attached hydrogens (primary N) is 1. The minimum Gasteiger partial charge on any atom is -0.508 e. The highest BCUT2D eigenvalue weighted by Crippen LogP contribution is 2.25. The Morgan fingerprint density at radius 1 is 1.47 bits per heavy atom. The zero-order valence-electron chi connectivity index (χ0n) is 8.16. The SMILES string of the molecule is NCCc1c(C=O)[nH]c2ccc(O)cc12. The number of aromatic nitrogens is 1. The predicted octanol–water partition coefficient (Wildman–Crippen LogP) is 1.19. The van der Waals surface area contributed by atoms with Crippen molar-refractivity contribution in [2.24, 2.45) is 5.73 Å². The van der Waals surface area contributed by atoms with Gasteiger partial charge in [0.25, 0.3) is 0 Å². The van der Waals surface area contributed by atoms with E-state index in [4.69, 9.17) is 5.73 Å². The number of carbonyl (C=O) groups excluding carboxylic acids is 1. The van der Waals surface area contributed by atoms with Gasteiger partial charge in [-0.1, -0.05) is 0 Å². The molecular weight excluding hydrogens is 192 g/mol. The first-order valence-electron chi connectivity index (χ1n) is 4.75. The van der Waals surface area contributed by atoms with Gasteiger partial charge in [-0.15, -0.1) is 0 Å². The monoisotopic (exact) mass is 204 g/mol. The molecule has 2 aromatic rings. The standard InChI is InChI=1S/C11H12N2O2/c12-4-3-8-9-5-7(15)1-2-10(9)13-11(8)6-14/h1-2,5-6,13,15H,3-4,12H2. The van der Waals surface area contributed by atoms with Crippen molar-refractivity contribution >= 4 is 17.2 Å². The molecule has 0 radical (unpaired) electrons. The van der Waals surface area contributed by atoms with E-state index in [9.17, 15) is 9.90 Å². The molecule has 0 saturated carbocycles. The second kappa shape index (κ2) is 3.74. The second-order valence-electron chi connectivity index (χ2n) is 3.40. The maximum atomic E-state index is 10.8. The fraction of sp³-hybridized carbons (Fsp3) is 0.182. The molecule has 4 N–H and O–H groups in total. The molecule has 1 heterocycles. The van der Waals surface area contributed by atoms with E-state index >= 15 is 0 Å². The van der Waals surface area contributed by atoms with Gasteiger partial charge in [-0.2, -0.15) is 0 Å². The summed E-state index contributed by atoms with van der Waals surface area (Å²) in [6.07, 6.45) is 1.40. The van der Waals surface area contributed by atoms with E-state index in [-0.39, 0.29) is 5.75 Å². The first kappa shape index (κ1) is 9.73. The molecule has 0 fully saturated rings. The lowest BCUT2D eigenvalue weighted by atomic mass is 10.1. The Bertz CT molecular complexity index is 503. The first-order chi connectivity index (χ1) is 7.26. The van der Waals surface area contributed by atoms with Crippen LogP contribution in [0.4, 0.5) is 0 Å². The van der Waals surface area contributed by atoms with Crippen molar-refractivity contribution in [3.8, 4) is 5.75 Å². The van der Waals surface area contributed by atoms with Gasteiger partial charge < -0.3 is 15.8 Å². The van der Waals surface area contributed by atoms with Crippen LogP contribution in [0.15, 0.2) is 18.2 Å². The summed E-state index contributed by atoms with van der Waals surface area (Å²) in [5.74, 6) is 0.192. The number of phenolic OH excluding ortho intramolecular Hbond substituents is 1. The Morgan fingerprint density at radius 3 is 2.93 bits per heavy atom. The molecule has 4 heteroatoms.